The van der Waals surface area contributed by atoms with Gasteiger partial charge >= 0.3 is 5.69 Å². The molecule has 6 heteroatoms. The summed E-state index contributed by atoms with van der Waals surface area (Å²) < 4.78 is 5.37. The molecule has 0 aliphatic carbocycles. The highest BCUT2D eigenvalue weighted by atomic mass is 16.5. The number of H-pyrrole nitrogens is 2. The summed E-state index contributed by atoms with van der Waals surface area (Å²) in [5, 5.41) is 9.27. The first-order valence-electron chi connectivity index (χ1n) is 4.92. The third-order valence-corrected chi connectivity index (χ3v) is 2.22. The largest absolute Gasteiger partial charge is 0.489 e. The lowest BCUT2D eigenvalue weighted by atomic mass is 10.3. The average Bonchev–Trinajstić information content (AvgIpc) is 2.66. The van der Waals surface area contributed by atoms with Gasteiger partial charge in [-0.2, -0.15) is 0 Å². The van der Waals surface area contributed by atoms with Crippen molar-refractivity contribution in [1.29, 1.82) is 0 Å². The second-order valence-corrected chi connectivity index (χ2v) is 3.46. The molecule has 0 aliphatic heterocycles. The normalized spacial score (nSPS) is 12.9. The molecule has 2 rings (SSSR count). The van der Waals surface area contributed by atoms with E-state index >= 15 is 0 Å². The predicted molar refractivity (Wildman–Crippen MR) is 59.5 cm³/mol. The maximum absolute atomic E-state index is 11.1. The number of aliphatic hydroxyl groups excluding tert-OH is 1. The van der Waals surface area contributed by atoms with Crippen molar-refractivity contribution in [1.82, 2.24) is 9.97 Å². The van der Waals surface area contributed by atoms with Crippen LogP contribution in [0.1, 0.15) is 0 Å². The third-order valence-electron chi connectivity index (χ3n) is 2.22. The SMILES string of the molecule is NC[C@@H](O)COc1cccc2[nH]c(=O)[nH]c12. The molecule has 16 heavy (non-hydrogen) atoms. The van der Waals surface area contributed by atoms with Crippen LogP contribution in [0.4, 0.5) is 0 Å². The molecule has 6 nitrogen and oxygen atoms in total. The van der Waals surface area contributed by atoms with Crippen LogP contribution in [0, 0.1) is 0 Å². The Labute approximate surface area is 91.0 Å². The Morgan fingerprint density at radius 2 is 2.25 bits per heavy atom. The summed E-state index contributed by atoms with van der Waals surface area (Å²) in [6.07, 6.45) is -0.707. The first kappa shape index (κ1) is 10.7. The number of rotatable bonds is 4. The number of hydrogen-bond donors (Lipinski definition) is 4. The Balaban J connectivity index is 2.26. The molecular formula is C10H13N3O3. The molecule has 2 aromatic rings. The van der Waals surface area contributed by atoms with E-state index in [9.17, 15) is 9.90 Å². The van der Waals surface area contributed by atoms with Crippen LogP contribution in [-0.4, -0.2) is 34.3 Å². The number of para-hydroxylation sites is 1. The van der Waals surface area contributed by atoms with Crippen molar-refractivity contribution < 1.29 is 9.84 Å². The van der Waals surface area contributed by atoms with Gasteiger partial charge in [-0.1, -0.05) is 6.07 Å². The first-order valence-corrected chi connectivity index (χ1v) is 4.92. The van der Waals surface area contributed by atoms with Gasteiger partial charge in [0.2, 0.25) is 0 Å². The van der Waals surface area contributed by atoms with Gasteiger partial charge in [0.05, 0.1) is 5.52 Å². The molecule has 0 unspecified atom stereocenters. The summed E-state index contributed by atoms with van der Waals surface area (Å²) in [4.78, 5) is 16.3. The van der Waals surface area contributed by atoms with Crippen molar-refractivity contribution in [3.63, 3.8) is 0 Å². The van der Waals surface area contributed by atoms with Gasteiger partial charge < -0.3 is 25.5 Å². The van der Waals surface area contributed by atoms with Crippen LogP contribution in [0.15, 0.2) is 23.0 Å². The Hall–Kier alpha value is -1.79. The van der Waals surface area contributed by atoms with E-state index in [1.54, 1.807) is 18.2 Å². The zero-order valence-corrected chi connectivity index (χ0v) is 8.56. The average molecular weight is 223 g/mol. The lowest BCUT2D eigenvalue weighted by Gasteiger charge is -2.10. The van der Waals surface area contributed by atoms with E-state index in [2.05, 4.69) is 9.97 Å². The highest BCUT2D eigenvalue weighted by molar-refractivity contribution is 5.80. The van der Waals surface area contributed by atoms with E-state index in [-0.39, 0.29) is 18.8 Å². The highest BCUT2D eigenvalue weighted by Gasteiger charge is 2.07. The number of fused-ring (bicyclic) bond motifs is 1. The molecule has 0 aliphatic rings. The number of nitrogens with one attached hydrogen (secondary N) is 2. The Morgan fingerprint density at radius 3 is 3.00 bits per heavy atom. The minimum absolute atomic E-state index is 0.100. The summed E-state index contributed by atoms with van der Waals surface area (Å²) in [5.41, 5.74) is 6.24. The van der Waals surface area contributed by atoms with E-state index < -0.39 is 6.10 Å². The van der Waals surface area contributed by atoms with E-state index in [1.807, 2.05) is 0 Å². The Morgan fingerprint density at radius 1 is 1.44 bits per heavy atom. The van der Waals surface area contributed by atoms with Gasteiger partial charge in [0, 0.05) is 6.54 Å². The summed E-state index contributed by atoms with van der Waals surface area (Å²) in [7, 11) is 0. The molecule has 0 radical (unpaired) electrons. The van der Waals surface area contributed by atoms with Crippen LogP contribution >= 0.6 is 0 Å². The minimum Gasteiger partial charge on any atom is -0.489 e. The molecule has 0 saturated carbocycles. The molecule has 0 amide bonds. The monoisotopic (exact) mass is 223 g/mol. The first-order chi connectivity index (χ1) is 7.70. The standard InChI is InChI=1S/C10H13N3O3/c11-4-6(14)5-16-8-3-1-2-7-9(8)13-10(15)12-7/h1-3,6,14H,4-5,11H2,(H2,12,13,15)/t6-/m1/s1. The lowest BCUT2D eigenvalue weighted by molar-refractivity contribution is 0.115. The van der Waals surface area contributed by atoms with Gasteiger partial charge in [-0.15, -0.1) is 0 Å². The van der Waals surface area contributed by atoms with Crippen LogP contribution in [0.2, 0.25) is 0 Å². The van der Waals surface area contributed by atoms with Crippen molar-refractivity contribution >= 4 is 11.0 Å². The van der Waals surface area contributed by atoms with Crippen molar-refractivity contribution in [2.75, 3.05) is 13.2 Å². The van der Waals surface area contributed by atoms with Crippen LogP contribution < -0.4 is 16.2 Å². The smallest absolute Gasteiger partial charge is 0.323 e. The quantitative estimate of drug-likeness (QED) is 0.563. The Kier molecular flexibility index (Phi) is 2.93. The fourth-order valence-electron chi connectivity index (χ4n) is 1.41. The van der Waals surface area contributed by atoms with Crippen molar-refractivity contribution in [2.45, 2.75) is 6.10 Å². The van der Waals surface area contributed by atoms with E-state index in [1.165, 1.54) is 0 Å². The van der Waals surface area contributed by atoms with Gasteiger partial charge in [-0.05, 0) is 12.1 Å². The fraction of sp³-hybridized carbons (Fsp3) is 0.300. The van der Waals surface area contributed by atoms with Gasteiger partial charge in [-0.25, -0.2) is 4.79 Å². The number of benzene rings is 1. The molecule has 0 spiro atoms. The third kappa shape index (κ3) is 2.07. The summed E-state index contributed by atoms with van der Waals surface area (Å²) in [5.74, 6) is 0.517. The molecule has 0 fully saturated rings. The molecule has 1 atom stereocenters. The van der Waals surface area contributed by atoms with Crippen LogP contribution in [0.3, 0.4) is 0 Å². The second kappa shape index (κ2) is 4.38. The number of hydrogen-bond acceptors (Lipinski definition) is 4. The predicted octanol–water partition coefficient (Wildman–Crippen LogP) is -0.445. The minimum atomic E-state index is -0.707. The van der Waals surface area contributed by atoms with Crippen LogP contribution in [-0.2, 0) is 0 Å². The zero-order valence-electron chi connectivity index (χ0n) is 8.56. The van der Waals surface area contributed by atoms with Gasteiger partial charge in [0.15, 0.2) is 0 Å². The number of imidazole rings is 1. The number of aromatic amines is 2. The molecule has 86 valence electrons. The van der Waals surface area contributed by atoms with Crippen LogP contribution in [0.5, 0.6) is 5.75 Å². The topological polar surface area (TPSA) is 104 Å². The molecule has 0 saturated heterocycles. The van der Waals surface area contributed by atoms with Crippen molar-refractivity contribution in [3.05, 3.63) is 28.7 Å². The molecule has 1 heterocycles. The summed E-state index contributed by atoms with van der Waals surface area (Å²) in [6, 6.07) is 5.24. The Bertz CT molecular complexity index is 531. The second-order valence-electron chi connectivity index (χ2n) is 3.46. The van der Waals surface area contributed by atoms with Crippen LogP contribution in [0.25, 0.3) is 11.0 Å². The molecular weight excluding hydrogens is 210 g/mol. The lowest BCUT2D eigenvalue weighted by Crippen LogP contribution is -2.26. The fourth-order valence-corrected chi connectivity index (χ4v) is 1.41. The highest BCUT2D eigenvalue weighted by Crippen LogP contribution is 2.20. The maximum Gasteiger partial charge on any atom is 0.323 e. The number of nitrogens with two attached hydrogens (primary N) is 1. The van der Waals surface area contributed by atoms with Gasteiger partial charge in [0.1, 0.15) is 24.0 Å². The van der Waals surface area contributed by atoms with Gasteiger partial charge in [0.25, 0.3) is 0 Å². The van der Waals surface area contributed by atoms with E-state index in [0.29, 0.717) is 16.8 Å². The van der Waals surface area contributed by atoms with Crippen molar-refractivity contribution in [2.24, 2.45) is 5.73 Å². The number of ether oxygens (including phenoxy) is 1. The molecule has 0 bridgehead atoms. The molecule has 1 aromatic heterocycles. The van der Waals surface area contributed by atoms with E-state index in [4.69, 9.17) is 10.5 Å². The maximum atomic E-state index is 11.1. The zero-order chi connectivity index (χ0) is 11.5. The number of aliphatic hydroxyl groups is 1. The van der Waals surface area contributed by atoms with Gasteiger partial charge in [-0.3, -0.25) is 0 Å². The summed E-state index contributed by atoms with van der Waals surface area (Å²) >= 11 is 0. The molecule has 1 aromatic carbocycles. The van der Waals surface area contributed by atoms with E-state index in [0.717, 1.165) is 0 Å². The number of aromatic nitrogens is 2. The molecule has 5 N–H and O–H groups in total. The van der Waals surface area contributed by atoms with Crippen molar-refractivity contribution in [3.8, 4) is 5.75 Å². The summed E-state index contributed by atoms with van der Waals surface area (Å²) in [6.45, 7) is 0.239.